The summed E-state index contributed by atoms with van der Waals surface area (Å²) in [4.78, 5) is 12.5. The number of carbonyl (C=O) groups excluding carboxylic acids is 1. The molecule has 140 valence electrons. The summed E-state index contributed by atoms with van der Waals surface area (Å²) in [5.41, 5.74) is 2.87. The smallest absolute Gasteiger partial charge is 0.315 e. The predicted molar refractivity (Wildman–Crippen MR) is 102 cm³/mol. The Morgan fingerprint density at radius 3 is 2.27 bits per heavy atom. The van der Waals surface area contributed by atoms with E-state index in [1.54, 1.807) is 18.2 Å². The van der Waals surface area contributed by atoms with E-state index in [4.69, 9.17) is 0 Å². The maximum absolute atomic E-state index is 12.3. The van der Waals surface area contributed by atoms with Gasteiger partial charge in [-0.25, -0.2) is 17.9 Å². The van der Waals surface area contributed by atoms with Crippen molar-refractivity contribution in [2.24, 2.45) is 0 Å². The molecule has 0 spiro atoms. The molecule has 0 heterocycles. The van der Waals surface area contributed by atoms with Gasteiger partial charge in [-0.15, -0.1) is 0 Å². The normalized spacial score (nSPS) is 13.7. The van der Waals surface area contributed by atoms with Gasteiger partial charge in [-0.05, 0) is 56.6 Å². The minimum absolute atomic E-state index is 0.139. The second-order valence-corrected chi connectivity index (χ2v) is 8.08. The van der Waals surface area contributed by atoms with Gasteiger partial charge in [-0.2, -0.15) is 0 Å². The molecule has 0 radical (unpaired) electrons. The predicted octanol–water partition coefficient (Wildman–Crippen LogP) is 3.02. The molecular formula is C19H25N3O3S. The zero-order chi connectivity index (χ0) is 19.3. The number of sulfonamides is 1. The molecule has 0 bridgehead atoms. The van der Waals surface area contributed by atoms with Gasteiger partial charge in [0, 0.05) is 0 Å². The third-order valence-corrected chi connectivity index (χ3v) is 5.70. The molecule has 7 heteroatoms. The first-order valence-corrected chi connectivity index (χ1v) is 9.89. The van der Waals surface area contributed by atoms with Crippen molar-refractivity contribution in [3.05, 3.63) is 65.2 Å². The van der Waals surface area contributed by atoms with Gasteiger partial charge >= 0.3 is 6.03 Å². The van der Waals surface area contributed by atoms with Crippen molar-refractivity contribution in [3.63, 3.8) is 0 Å². The van der Waals surface area contributed by atoms with Crippen LogP contribution in [0.4, 0.5) is 4.79 Å². The van der Waals surface area contributed by atoms with E-state index in [0.717, 1.165) is 11.1 Å². The van der Waals surface area contributed by atoms with Crippen LogP contribution in [-0.2, 0) is 10.0 Å². The highest BCUT2D eigenvalue weighted by Crippen LogP contribution is 2.19. The SMILES string of the molecule is CNS(=O)(=O)c1cccc(C(C)NC(=O)NC(C)c2ccccc2C)c1. The molecule has 2 aromatic rings. The van der Waals surface area contributed by atoms with Gasteiger partial charge in [0.05, 0.1) is 17.0 Å². The fraction of sp³-hybridized carbons (Fsp3) is 0.316. The van der Waals surface area contributed by atoms with Crippen molar-refractivity contribution < 1.29 is 13.2 Å². The Morgan fingerprint density at radius 2 is 1.62 bits per heavy atom. The average molecular weight is 375 g/mol. The topological polar surface area (TPSA) is 87.3 Å². The van der Waals surface area contributed by atoms with Gasteiger partial charge in [-0.1, -0.05) is 36.4 Å². The van der Waals surface area contributed by atoms with E-state index in [2.05, 4.69) is 15.4 Å². The van der Waals surface area contributed by atoms with Crippen molar-refractivity contribution in [1.29, 1.82) is 0 Å². The van der Waals surface area contributed by atoms with Crippen LogP contribution in [0.2, 0.25) is 0 Å². The minimum Gasteiger partial charge on any atom is -0.332 e. The molecule has 0 saturated heterocycles. The highest BCUT2D eigenvalue weighted by molar-refractivity contribution is 7.89. The van der Waals surface area contributed by atoms with Crippen LogP contribution in [0.25, 0.3) is 0 Å². The van der Waals surface area contributed by atoms with Crippen LogP contribution in [-0.4, -0.2) is 21.5 Å². The lowest BCUT2D eigenvalue weighted by Gasteiger charge is -2.20. The number of nitrogens with one attached hydrogen (secondary N) is 3. The fourth-order valence-corrected chi connectivity index (χ4v) is 3.52. The number of rotatable bonds is 6. The Balaban J connectivity index is 2.05. The van der Waals surface area contributed by atoms with Crippen molar-refractivity contribution in [2.75, 3.05) is 7.05 Å². The molecule has 26 heavy (non-hydrogen) atoms. The van der Waals surface area contributed by atoms with Crippen LogP contribution >= 0.6 is 0 Å². The third kappa shape index (κ3) is 4.83. The van der Waals surface area contributed by atoms with Gasteiger partial charge in [-0.3, -0.25) is 0 Å². The molecule has 0 saturated carbocycles. The largest absolute Gasteiger partial charge is 0.332 e. The van der Waals surface area contributed by atoms with Gasteiger partial charge in [0.15, 0.2) is 0 Å². The standard InChI is InChI=1S/C19H25N3O3S/c1-13-8-5-6-11-18(13)15(3)22-19(23)21-14(2)16-9-7-10-17(12-16)26(24,25)20-4/h5-12,14-15,20H,1-4H3,(H2,21,22,23). The molecule has 6 nitrogen and oxygen atoms in total. The van der Waals surface area contributed by atoms with Gasteiger partial charge in [0.2, 0.25) is 10.0 Å². The summed E-state index contributed by atoms with van der Waals surface area (Å²) in [6.45, 7) is 5.73. The van der Waals surface area contributed by atoms with Crippen LogP contribution < -0.4 is 15.4 Å². The van der Waals surface area contributed by atoms with Crippen LogP contribution in [0.1, 0.15) is 42.6 Å². The molecule has 2 amide bonds. The van der Waals surface area contributed by atoms with E-state index in [1.165, 1.54) is 13.1 Å². The third-order valence-electron chi connectivity index (χ3n) is 4.29. The number of urea groups is 1. The Morgan fingerprint density at radius 1 is 0.962 bits per heavy atom. The van der Waals surface area contributed by atoms with Gasteiger partial charge < -0.3 is 10.6 Å². The Bertz CT molecular complexity index is 881. The van der Waals surface area contributed by atoms with Gasteiger partial charge in [0.25, 0.3) is 0 Å². The molecule has 2 unspecified atom stereocenters. The lowest BCUT2D eigenvalue weighted by Crippen LogP contribution is -2.38. The molecule has 2 rings (SSSR count). The summed E-state index contributed by atoms with van der Waals surface area (Å²) in [7, 11) is -2.16. The molecule has 2 atom stereocenters. The summed E-state index contributed by atoms with van der Waals surface area (Å²) in [5.74, 6) is 0. The molecule has 3 N–H and O–H groups in total. The zero-order valence-corrected chi connectivity index (χ0v) is 16.2. The first-order chi connectivity index (χ1) is 12.2. The van der Waals surface area contributed by atoms with Crippen molar-refractivity contribution in [3.8, 4) is 0 Å². The van der Waals surface area contributed by atoms with Crippen LogP contribution in [0, 0.1) is 6.92 Å². The number of carbonyl (C=O) groups is 1. The lowest BCUT2D eigenvalue weighted by molar-refractivity contribution is 0.235. The van der Waals surface area contributed by atoms with E-state index in [0.29, 0.717) is 5.56 Å². The van der Waals surface area contributed by atoms with Crippen LogP contribution in [0.5, 0.6) is 0 Å². The highest BCUT2D eigenvalue weighted by atomic mass is 32.2. The molecular weight excluding hydrogens is 350 g/mol. The van der Waals surface area contributed by atoms with Crippen molar-refractivity contribution >= 4 is 16.1 Å². The molecule has 0 aromatic heterocycles. The van der Waals surface area contributed by atoms with E-state index in [9.17, 15) is 13.2 Å². The van der Waals surface area contributed by atoms with E-state index in [1.807, 2.05) is 45.0 Å². The first kappa shape index (κ1) is 19.9. The van der Waals surface area contributed by atoms with Crippen molar-refractivity contribution in [1.82, 2.24) is 15.4 Å². The van der Waals surface area contributed by atoms with E-state index in [-0.39, 0.29) is 23.0 Å². The maximum Gasteiger partial charge on any atom is 0.315 e. The second-order valence-electron chi connectivity index (χ2n) is 6.20. The first-order valence-electron chi connectivity index (χ1n) is 8.40. The van der Waals surface area contributed by atoms with E-state index >= 15 is 0 Å². The number of hydrogen-bond acceptors (Lipinski definition) is 3. The van der Waals surface area contributed by atoms with Crippen molar-refractivity contribution in [2.45, 2.75) is 37.8 Å². The molecule has 0 fully saturated rings. The number of amides is 2. The zero-order valence-electron chi connectivity index (χ0n) is 15.4. The van der Waals surface area contributed by atoms with Gasteiger partial charge in [0.1, 0.15) is 0 Å². The summed E-state index contributed by atoms with van der Waals surface area (Å²) in [6.07, 6.45) is 0. The Labute approximate surface area is 155 Å². The van der Waals surface area contributed by atoms with E-state index < -0.39 is 10.0 Å². The second kappa shape index (κ2) is 8.33. The molecule has 0 aliphatic heterocycles. The summed E-state index contributed by atoms with van der Waals surface area (Å²) in [6, 6.07) is 13.6. The fourth-order valence-electron chi connectivity index (χ4n) is 2.74. The number of benzene rings is 2. The molecule has 2 aromatic carbocycles. The summed E-state index contributed by atoms with van der Waals surface area (Å²) < 4.78 is 26.1. The van der Waals surface area contributed by atoms with Crippen LogP contribution in [0.15, 0.2) is 53.4 Å². The number of aryl methyl sites for hydroxylation is 1. The molecule has 0 aliphatic carbocycles. The average Bonchev–Trinajstić information content (AvgIpc) is 2.62. The maximum atomic E-state index is 12.3. The quantitative estimate of drug-likeness (QED) is 0.725. The monoisotopic (exact) mass is 375 g/mol. The minimum atomic E-state index is -3.52. The Kier molecular flexibility index (Phi) is 6.39. The lowest BCUT2D eigenvalue weighted by atomic mass is 10.0. The van der Waals surface area contributed by atoms with Crippen LogP contribution in [0.3, 0.4) is 0 Å². The highest BCUT2D eigenvalue weighted by Gasteiger charge is 2.16. The Hall–Kier alpha value is -2.38. The molecule has 0 aliphatic rings. The summed E-state index contributed by atoms with van der Waals surface area (Å²) in [5, 5.41) is 5.76. The number of hydrogen-bond donors (Lipinski definition) is 3. The summed E-state index contributed by atoms with van der Waals surface area (Å²) >= 11 is 0.